The molecule has 2 aromatic rings. The first-order valence-corrected chi connectivity index (χ1v) is 9.36. The lowest BCUT2D eigenvalue weighted by molar-refractivity contribution is -0.167. The highest BCUT2D eigenvalue weighted by atomic mass is 16.5. The maximum atomic E-state index is 12.6. The second-order valence-corrected chi connectivity index (χ2v) is 7.68. The molecule has 1 amide bonds. The molecule has 1 saturated heterocycles. The van der Waals surface area contributed by atoms with Crippen LogP contribution in [-0.4, -0.2) is 51.3 Å². The number of benzene rings is 2. The van der Waals surface area contributed by atoms with Crippen LogP contribution < -0.4 is 16.2 Å². The van der Waals surface area contributed by atoms with E-state index in [1.807, 2.05) is 24.3 Å². The Hall–Kier alpha value is -3.10. The van der Waals surface area contributed by atoms with Gasteiger partial charge in [-0.3, -0.25) is 9.69 Å². The van der Waals surface area contributed by atoms with Crippen molar-refractivity contribution in [1.82, 2.24) is 4.90 Å². The molecule has 0 saturated carbocycles. The maximum absolute atomic E-state index is 12.6. The van der Waals surface area contributed by atoms with Crippen molar-refractivity contribution < 1.29 is 24.5 Å². The fourth-order valence-corrected chi connectivity index (χ4v) is 4.50. The third-order valence-electron chi connectivity index (χ3n) is 6.12. The number of nitrogen functional groups attached to an aromatic ring is 1. The number of hydrogen-bond donors (Lipinski definition) is 4. The Kier molecular flexibility index (Phi) is 4.29. The first-order chi connectivity index (χ1) is 13.7. The van der Waals surface area contributed by atoms with Gasteiger partial charge >= 0.3 is 5.97 Å². The summed E-state index contributed by atoms with van der Waals surface area (Å²) in [7, 11) is 0. The van der Waals surface area contributed by atoms with Crippen molar-refractivity contribution in [2.45, 2.75) is 31.5 Å². The topological polar surface area (TPSA) is 139 Å². The molecule has 0 aromatic heterocycles. The predicted molar refractivity (Wildman–Crippen MR) is 107 cm³/mol. The number of rotatable bonds is 5. The SMILES string of the molecule is C[C@H]1C(COc2cccc3c(N)cccc23)=C(C(=O)O)N2C(=O)[C@](N)([C@@H](C)O)C12. The second-order valence-electron chi connectivity index (χ2n) is 7.68. The van der Waals surface area contributed by atoms with Gasteiger partial charge in [0.15, 0.2) is 0 Å². The van der Waals surface area contributed by atoms with Crippen LogP contribution in [0.15, 0.2) is 47.7 Å². The third kappa shape index (κ3) is 2.53. The Balaban J connectivity index is 1.68. The van der Waals surface area contributed by atoms with Gasteiger partial charge in [-0.2, -0.15) is 0 Å². The minimum absolute atomic E-state index is 0.0210. The van der Waals surface area contributed by atoms with Crippen molar-refractivity contribution in [1.29, 1.82) is 0 Å². The molecule has 29 heavy (non-hydrogen) atoms. The van der Waals surface area contributed by atoms with Crippen LogP contribution >= 0.6 is 0 Å². The molecule has 2 heterocycles. The van der Waals surface area contributed by atoms with Crippen LogP contribution in [0.3, 0.4) is 0 Å². The molecule has 4 rings (SSSR count). The van der Waals surface area contributed by atoms with Gasteiger partial charge < -0.3 is 26.4 Å². The number of β-lactam (4-membered cyclic amide) rings is 1. The first-order valence-electron chi connectivity index (χ1n) is 9.36. The molecule has 6 N–H and O–H groups in total. The van der Waals surface area contributed by atoms with Gasteiger partial charge in [-0.25, -0.2) is 4.79 Å². The van der Waals surface area contributed by atoms with Crippen LogP contribution in [0.2, 0.25) is 0 Å². The quantitative estimate of drug-likeness (QED) is 0.437. The Morgan fingerprint density at radius 3 is 2.59 bits per heavy atom. The van der Waals surface area contributed by atoms with Crippen LogP contribution in [0.5, 0.6) is 5.75 Å². The summed E-state index contributed by atoms with van der Waals surface area (Å²) in [5.74, 6) is -1.62. The van der Waals surface area contributed by atoms with Crippen molar-refractivity contribution in [3.8, 4) is 5.75 Å². The Morgan fingerprint density at radius 1 is 1.28 bits per heavy atom. The molecule has 0 spiro atoms. The van der Waals surface area contributed by atoms with Gasteiger partial charge in [0, 0.05) is 28.0 Å². The minimum atomic E-state index is -1.50. The number of carboxylic acids is 1. The van der Waals surface area contributed by atoms with Gasteiger partial charge in [-0.05, 0) is 19.1 Å². The minimum Gasteiger partial charge on any atom is -0.488 e. The van der Waals surface area contributed by atoms with Crippen LogP contribution in [-0.2, 0) is 9.59 Å². The van der Waals surface area contributed by atoms with Crippen molar-refractivity contribution in [3.05, 3.63) is 47.7 Å². The van der Waals surface area contributed by atoms with E-state index in [-0.39, 0.29) is 18.2 Å². The molecule has 0 aliphatic carbocycles. The molecule has 152 valence electrons. The zero-order valence-corrected chi connectivity index (χ0v) is 16.1. The number of carbonyl (C=O) groups is 2. The Labute approximate surface area is 167 Å². The molecule has 0 radical (unpaired) electrons. The molecule has 1 unspecified atom stereocenters. The van der Waals surface area contributed by atoms with E-state index in [4.69, 9.17) is 16.2 Å². The molecular formula is C21H23N3O5. The van der Waals surface area contributed by atoms with Gasteiger partial charge in [-0.1, -0.05) is 31.2 Å². The fourth-order valence-electron chi connectivity index (χ4n) is 4.50. The van der Waals surface area contributed by atoms with Crippen LogP contribution in [0.1, 0.15) is 13.8 Å². The number of carbonyl (C=O) groups excluding carboxylic acids is 1. The lowest BCUT2D eigenvalue weighted by Gasteiger charge is -2.53. The van der Waals surface area contributed by atoms with E-state index in [1.165, 1.54) is 11.8 Å². The lowest BCUT2D eigenvalue weighted by Crippen LogP contribution is -2.81. The van der Waals surface area contributed by atoms with Gasteiger partial charge in [0.2, 0.25) is 0 Å². The Morgan fingerprint density at radius 2 is 1.93 bits per heavy atom. The second kappa shape index (κ2) is 6.47. The van der Waals surface area contributed by atoms with E-state index in [9.17, 15) is 19.8 Å². The number of nitrogens with two attached hydrogens (primary N) is 2. The summed E-state index contributed by atoms with van der Waals surface area (Å²) >= 11 is 0. The predicted octanol–water partition coefficient (Wildman–Crippen LogP) is 1.08. The summed E-state index contributed by atoms with van der Waals surface area (Å²) in [5, 5.41) is 21.4. The summed E-state index contributed by atoms with van der Waals surface area (Å²) in [6.45, 7) is 3.22. The van der Waals surface area contributed by atoms with Crippen LogP contribution in [0, 0.1) is 5.92 Å². The molecule has 2 aliphatic heterocycles. The number of hydrogen-bond acceptors (Lipinski definition) is 6. The number of aliphatic carboxylic acids is 1. The monoisotopic (exact) mass is 397 g/mol. The molecule has 0 bridgehead atoms. The van der Waals surface area contributed by atoms with Gasteiger partial charge in [0.05, 0.1) is 12.1 Å². The standard InChI is InChI=1S/C21H23N3O5/c1-10-14(9-29-16-8-4-5-12-13(16)6-3-7-15(12)22)17(19(26)27)24-18(10)21(23,11(2)25)20(24)28/h3-8,10-11,18,25H,9,22-23H2,1-2H3,(H,26,27)/t10-,11+,18?,21-/m0/s1. The molecule has 2 aromatic carbocycles. The average molecular weight is 397 g/mol. The molecule has 8 heteroatoms. The molecule has 2 aliphatic rings. The highest BCUT2D eigenvalue weighted by Crippen LogP contribution is 2.48. The number of carboxylic acid groups (broad SMARTS) is 1. The molecule has 4 atom stereocenters. The van der Waals surface area contributed by atoms with E-state index in [0.717, 1.165) is 10.8 Å². The fraction of sp³-hybridized carbons (Fsp3) is 0.333. The summed E-state index contributed by atoms with van der Waals surface area (Å²) < 4.78 is 5.98. The molecule has 8 nitrogen and oxygen atoms in total. The number of ether oxygens (including phenoxy) is 1. The van der Waals surface area contributed by atoms with E-state index in [0.29, 0.717) is 17.0 Å². The molecular weight excluding hydrogens is 374 g/mol. The van der Waals surface area contributed by atoms with Crippen molar-refractivity contribution in [3.63, 3.8) is 0 Å². The number of fused-ring (bicyclic) bond motifs is 2. The van der Waals surface area contributed by atoms with Gasteiger partial charge in [-0.15, -0.1) is 0 Å². The van der Waals surface area contributed by atoms with E-state index >= 15 is 0 Å². The number of aliphatic hydroxyl groups is 1. The van der Waals surface area contributed by atoms with Crippen molar-refractivity contribution in [2.75, 3.05) is 12.3 Å². The number of amides is 1. The zero-order valence-electron chi connectivity index (χ0n) is 16.1. The smallest absolute Gasteiger partial charge is 0.352 e. The van der Waals surface area contributed by atoms with E-state index in [1.54, 1.807) is 19.1 Å². The number of anilines is 1. The molecule has 1 fully saturated rings. The number of aliphatic hydroxyl groups excluding tert-OH is 1. The summed E-state index contributed by atoms with van der Waals surface area (Å²) in [4.78, 5) is 25.7. The highest BCUT2D eigenvalue weighted by Gasteiger charge is 2.68. The largest absolute Gasteiger partial charge is 0.488 e. The van der Waals surface area contributed by atoms with Crippen molar-refractivity contribution >= 4 is 28.3 Å². The highest BCUT2D eigenvalue weighted by molar-refractivity contribution is 6.04. The summed E-state index contributed by atoms with van der Waals surface area (Å²) in [6, 6.07) is 10.3. The third-order valence-corrected chi connectivity index (χ3v) is 6.12. The average Bonchev–Trinajstić information content (AvgIpc) is 2.96. The van der Waals surface area contributed by atoms with E-state index in [2.05, 4.69) is 0 Å². The first kappa shape index (κ1) is 19.2. The summed E-state index contributed by atoms with van der Waals surface area (Å²) in [6.07, 6.45) is -1.10. The Bertz CT molecular complexity index is 1060. The van der Waals surface area contributed by atoms with E-state index < -0.39 is 29.6 Å². The van der Waals surface area contributed by atoms with Crippen molar-refractivity contribution in [2.24, 2.45) is 11.7 Å². The zero-order chi connectivity index (χ0) is 21.1. The number of nitrogens with zero attached hydrogens (tertiary/aromatic N) is 1. The van der Waals surface area contributed by atoms with Crippen LogP contribution in [0.25, 0.3) is 10.8 Å². The van der Waals surface area contributed by atoms with Gasteiger partial charge in [0.25, 0.3) is 5.91 Å². The summed E-state index contributed by atoms with van der Waals surface area (Å²) in [5.41, 5.74) is 11.7. The van der Waals surface area contributed by atoms with Crippen LogP contribution in [0.4, 0.5) is 5.69 Å². The lowest BCUT2D eigenvalue weighted by atomic mass is 9.71. The normalized spacial score (nSPS) is 27.0. The maximum Gasteiger partial charge on any atom is 0.352 e. The van der Waals surface area contributed by atoms with Gasteiger partial charge in [0.1, 0.15) is 23.6 Å².